The highest BCUT2D eigenvalue weighted by atomic mass is 16.5. The summed E-state index contributed by atoms with van der Waals surface area (Å²) >= 11 is 0. The summed E-state index contributed by atoms with van der Waals surface area (Å²) in [6, 6.07) is 11.4. The van der Waals surface area contributed by atoms with Gasteiger partial charge in [0.25, 0.3) is 0 Å². The van der Waals surface area contributed by atoms with E-state index >= 15 is 0 Å². The fraction of sp³-hybridized carbons (Fsp3) is 0.455. The molecule has 0 unspecified atom stereocenters. The summed E-state index contributed by atoms with van der Waals surface area (Å²) in [5.74, 6) is 2.84. The lowest BCUT2D eigenvalue weighted by molar-refractivity contribution is 0.0809. The van der Waals surface area contributed by atoms with Gasteiger partial charge in [0.15, 0.2) is 23.0 Å². The van der Waals surface area contributed by atoms with Crippen LogP contribution < -0.4 is 18.9 Å². The second-order valence-electron chi connectivity index (χ2n) is 6.91. The first-order chi connectivity index (χ1) is 13.6. The van der Waals surface area contributed by atoms with Crippen molar-refractivity contribution in [2.24, 2.45) is 11.8 Å². The van der Waals surface area contributed by atoms with Gasteiger partial charge < -0.3 is 28.8 Å². The summed E-state index contributed by atoms with van der Waals surface area (Å²) in [5.41, 5.74) is 1.92. The van der Waals surface area contributed by atoms with E-state index in [1.54, 1.807) is 28.4 Å². The molecule has 0 radical (unpaired) electrons. The fourth-order valence-electron chi connectivity index (χ4n) is 3.77. The molecule has 1 saturated heterocycles. The number of hydrogen-bond acceptors (Lipinski definition) is 6. The molecular formula is C22H28O6. The molecule has 152 valence electrons. The van der Waals surface area contributed by atoms with E-state index in [1.165, 1.54) is 0 Å². The summed E-state index contributed by atoms with van der Waals surface area (Å²) in [5, 5.41) is 11.0. The monoisotopic (exact) mass is 388 g/mol. The summed E-state index contributed by atoms with van der Waals surface area (Å²) in [6.07, 6.45) is 0.141. The van der Waals surface area contributed by atoms with Crippen molar-refractivity contribution in [1.29, 1.82) is 0 Å². The van der Waals surface area contributed by atoms with Crippen LogP contribution in [0.5, 0.6) is 23.0 Å². The van der Waals surface area contributed by atoms with Crippen LogP contribution in [0.3, 0.4) is 0 Å². The Morgan fingerprint density at radius 1 is 0.857 bits per heavy atom. The van der Waals surface area contributed by atoms with Crippen LogP contribution in [-0.4, -0.2) is 46.8 Å². The first kappa shape index (κ1) is 20.3. The minimum absolute atomic E-state index is 0.00815. The van der Waals surface area contributed by atoms with Crippen molar-refractivity contribution in [3.8, 4) is 23.0 Å². The zero-order chi connectivity index (χ0) is 20.1. The minimum Gasteiger partial charge on any atom is -0.493 e. The Labute approximate surface area is 165 Å². The number of rotatable bonds is 8. The third-order valence-electron chi connectivity index (χ3n) is 5.35. The maximum atomic E-state index is 11.0. The normalized spacial score (nSPS) is 19.9. The van der Waals surface area contributed by atoms with Gasteiger partial charge in [0.1, 0.15) is 0 Å². The molecule has 1 heterocycles. The Morgan fingerprint density at radius 2 is 1.46 bits per heavy atom. The Balaban J connectivity index is 1.77. The zero-order valence-corrected chi connectivity index (χ0v) is 16.8. The average Bonchev–Trinajstić information content (AvgIpc) is 3.20. The molecular weight excluding hydrogens is 360 g/mol. The molecule has 3 atom stereocenters. The van der Waals surface area contributed by atoms with Crippen molar-refractivity contribution in [3.05, 3.63) is 47.5 Å². The van der Waals surface area contributed by atoms with Gasteiger partial charge in [-0.15, -0.1) is 0 Å². The maximum Gasteiger partial charge on any atom is 0.161 e. The van der Waals surface area contributed by atoms with E-state index in [0.717, 1.165) is 17.5 Å². The third kappa shape index (κ3) is 4.18. The van der Waals surface area contributed by atoms with Gasteiger partial charge in [0.2, 0.25) is 0 Å². The van der Waals surface area contributed by atoms with Crippen molar-refractivity contribution in [2.45, 2.75) is 12.5 Å². The Morgan fingerprint density at radius 3 is 2.11 bits per heavy atom. The molecule has 0 amide bonds. The molecule has 6 nitrogen and oxygen atoms in total. The smallest absolute Gasteiger partial charge is 0.161 e. The molecule has 0 aliphatic carbocycles. The van der Waals surface area contributed by atoms with Gasteiger partial charge in [0.05, 0.1) is 47.8 Å². The largest absolute Gasteiger partial charge is 0.493 e. The SMILES string of the molecule is COc1ccc(C[C@H]2COC[C@H]2[C@H](O)c2ccc(OC)c(OC)c2)cc1OC. The summed E-state index contributed by atoms with van der Waals surface area (Å²) in [4.78, 5) is 0. The molecule has 1 N–H and O–H groups in total. The van der Waals surface area contributed by atoms with Crippen molar-refractivity contribution in [2.75, 3.05) is 41.7 Å². The van der Waals surface area contributed by atoms with Crippen LogP contribution in [0.2, 0.25) is 0 Å². The molecule has 1 fully saturated rings. The van der Waals surface area contributed by atoms with Crippen molar-refractivity contribution < 1.29 is 28.8 Å². The molecule has 1 aliphatic heterocycles. The van der Waals surface area contributed by atoms with Gasteiger partial charge in [-0.1, -0.05) is 12.1 Å². The number of ether oxygens (including phenoxy) is 5. The Bertz CT molecular complexity index is 791. The lowest BCUT2D eigenvalue weighted by Crippen LogP contribution is -2.22. The first-order valence-corrected chi connectivity index (χ1v) is 9.29. The van der Waals surface area contributed by atoms with E-state index in [9.17, 15) is 5.11 Å². The van der Waals surface area contributed by atoms with Gasteiger partial charge in [-0.05, 0) is 47.7 Å². The Kier molecular flexibility index (Phi) is 6.65. The van der Waals surface area contributed by atoms with Crippen molar-refractivity contribution >= 4 is 0 Å². The van der Waals surface area contributed by atoms with Gasteiger partial charge in [-0.25, -0.2) is 0 Å². The molecule has 28 heavy (non-hydrogen) atoms. The number of aliphatic hydroxyl groups excluding tert-OH is 1. The van der Waals surface area contributed by atoms with Crippen LogP contribution >= 0.6 is 0 Å². The highest BCUT2D eigenvalue weighted by Gasteiger charge is 2.35. The van der Waals surface area contributed by atoms with Crippen molar-refractivity contribution in [3.63, 3.8) is 0 Å². The van der Waals surface area contributed by atoms with Gasteiger partial charge in [-0.3, -0.25) is 0 Å². The third-order valence-corrected chi connectivity index (χ3v) is 5.35. The van der Waals surface area contributed by atoms with Crippen LogP contribution in [0.15, 0.2) is 36.4 Å². The lowest BCUT2D eigenvalue weighted by atomic mass is 9.83. The van der Waals surface area contributed by atoms with Crippen LogP contribution in [0.4, 0.5) is 0 Å². The quantitative estimate of drug-likeness (QED) is 0.749. The highest BCUT2D eigenvalue weighted by Crippen LogP contribution is 2.39. The van der Waals surface area contributed by atoms with E-state index in [2.05, 4.69) is 0 Å². The predicted molar refractivity (Wildman–Crippen MR) is 106 cm³/mol. The molecule has 0 saturated carbocycles. The molecule has 3 rings (SSSR count). The maximum absolute atomic E-state index is 11.0. The molecule has 0 spiro atoms. The molecule has 2 aromatic carbocycles. The molecule has 0 bridgehead atoms. The second-order valence-corrected chi connectivity index (χ2v) is 6.91. The first-order valence-electron chi connectivity index (χ1n) is 9.29. The summed E-state index contributed by atoms with van der Waals surface area (Å²) in [6.45, 7) is 1.14. The van der Waals surface area contributed by atoms with Crippen LogP contribution in [0.25, 0.3) is 0 Å². The van der Waals surface area contributed by atoms with E-state index in [1.807, 2.05) is 36.4 Å². The van der Waals surface area contributed by atoms with Gasteiger partial charge >= 0.3 is 0 Å². The number of aliphatic hydroxyl groups is 1. The second kappa shape index (κ2) is 9.17. The topological polar surface area (TPSA) is 66.4 Å². The van der Waals surface area contributed by atoms with E-state index in [4.69, 9.17) is 23.7 Å². The van der Waals surface area contributed by atoms with E-state index in [0.29, 0.717) is 36.2 Å². The number of hydrogen-bond donors (Lipinski definition) is 1. The molecule has 0 aromatic heterocycles. The minimum atomic E-state index is -0.646. The fourth-order valence-corrected chi connectivity index (χ4v) is 3.77. The Hall–Kier alpha value is -2.44. The molecule has 2 aromatic rings. The van der Waals surface area contributed by atoms with Gasteiger partial charge in [0, 0.05) is 5.92 Å². The van der Waals surface area contributed by atoms with Crippen LogP contribution in [0, 0.1) is 11.8 Å². The van der Waals surface area contributed by atoms with Crippen LogP contribution in [-0.2, 0) is 11.2 Å². The summed E-state index contributed by atoms with van der Waals surface area (Å²) < 4.78 is 27.1. The summed E-state index contributed by atoms with van der Waals surface area (Å²) in [7, 11) is 6.44. The van der Waals surface area contributed by atoms with Crippen LogP contribution in [0.1, 0.15) is 17.2 Å². The van der Waals surface area contributed by atoms with E-state index < -0.39 is 6.10 Å². The molecule has 1 aliphatic rings. The lowest BCUT2D eigenvalue weighted by Gasteiger charge is -2.24. The van der Waals surface area contributed by atoms with Crippen molar-refractivity contribution in [1.82, 2.24) is 0 Å². The highest BCUT2D eigenvalue weighted by molar-refractivity contribution is 5.44. The predicted octanol–water partition coefficient (Wildman–Crippen LogP) is 3.26. The average molecular weight is 388 g/mol. The zero-order valence-electron chi connectivity index (χ0n) is 16.8. The molecule has 6 heteroatoms. The standard InChI is InChI=1S/C22H28O6/c1-24-18-7-5-14(10-20(18)26-3)9-16-12-28-13-17(16)22(23)15-6-8-19(25-2)21(11-15)27-4/h5-8,10-11,16-17,22-23H,9,12-13H2,1-4H3/t16-,17+,22+/m0/s1. The number of benzene rings is 2. The van der Waals surface area contributed by atoms with E-state index in [-0.39, 0.29) is 11.8 Å². The van der Waals surface area contributed by atoms with Gasteiger partial charge in [-0.2, -0.15) is 0 Å². The number of methoxy groups -OCH3 is 4.